The highest BCUT2D eigenvalue weighted by Crippen LogP contribution is 2.27. The minimum Gasteiger partial charge on any atom is -0.319 e. The number of hydrogen-bond donors (Lipinski definition) is 1. The Balaban J connectivity index is 2.12. The van der Waals surface area contributed by atoms with Crippen molar-refractivity contribution in [1.82, 2.24) is 9.62 Å². The fourth-order valence-corrected chi connectivity index (χ4v) is 4.24. The number of piperidine rings is 1. The van der Waals surface area contributed by atoms with Gasteiger partial charge in [0.15, 0.2) is 0 Å². The van der Waals surface area contributed by atoms with E-state index in [-0.39, 0.29) is 0 Å². The van der Waals surface area contributed by atoms with Gasteiger partial charge in [-0.25, -0.2) is 8.42 Å². The van der Waals surface area contributed by atoms with Crippen LogP contribution in [0.5, 0.6) is 0 Å². The van der Waals surface area contributed by atoms with Crippen LogP contribution in [0.25, 0.3) is 0 Å². The van der Waals surface area contributed by atoms with E-state index < -0.39 is 10.0 Å². The summed E-state index contributed by atoms with van der Waals surface area (Å²) in [5, 5.41) is 3.10. The maximum absolute atomic E-state index is 12.7. The van der Waals surface area contributed by atoms with Gasteiger partial charge in [0.25, 0.3) is 0 Å². The van der Waals surface area contributed by atoms with E-state index in [9.17, 15) is 8.42 Å². The molecule has 0 radical (unpaired) electrons. The van der Waals surface area contributed by atoms with E-state index in [1.807, 2.05) is 19.2 Å². The summed E-state index contributed by atoms with van der Waals surface area (Å²) in [6.07, 6.45) is 1.86. The third-order valence-electron chi connectivity index (χ3n) is 4.52. The molecule has 0 aliphatic carbocycles. The molecule has 4 nitrogen and oxygen atoms in total. The zero-order valence-electron chi connectivity index (χ0n) is 13.2. The van der Waals surface area contributed by atoms with Gasteiger partial charge >= 0.3 is 0 Å². The Kier molecular flexibility index (Phi) is 5.41. The quantitative estimate of drug-likeness (QED) is 0.906. The minimum absolute atomic E-state index is 0.414. The van der Waals surface area contributed by atoms with Crippen molar-refractivity contribution in [2.24, 2.45) is 11.8 Å². The first kappa shape index (κ1) is 16.5. The van der Waals surface area contributed by atoms with Crippen molar-refractivity contribution >= 4 is 10.0 Å². The van der Waals surface area contributed by atoms with Gasteiger partial charge < -0.3 is 5.32 Å². The molecule has 0 aromatic heterocycles. The third-order valence-corrected chi connectivity index (χ3v) is 6.40. The van der Waals surface area contributed by atoms with E-state index in [4.69, 9.17) is 0 Å². The Bertz CT molecular complexity index is 554. The molecule has 21 heavy (non-hydrogen) atoms. The fraction of sp³-hybridized carbons (Fsp3) is 0.625. The van der Waals surface area contributed by atoms with E-state index in [1.165, 1.54) is 0 Å². The lowest BCUT2D eigenvalue weighted by atomic mass is 9.90. The molecule has 0 bridgehead atoms. The Morgan fingerprint density at radius 1 is 1.19 bits per heavy atom. The normalized spacial score (nSPS) is 24.1. The number of benzene rings is 1. The van der Waals surface area contributed by atoms with Crippen molar-refractivity contribution in [3.63, 3.8) is 0 Å². The van der Waals surface area contributed by atoms with Crippen molar-refractivity contribution in [2.45, 2.75) is 31.6 Å². The van der Waals surface area contributed by atoms with Crippen LogP contribution in [0.15, 0.2) is 29.2 Å². The average Bonchev–Trinajstić information content (AvgIpc) is 2.48. The maximum Gasteiger partial charge on any atom is 0.243 e. The molecule has 1 saturated heterocycles. The molecule has 118 valence electrons. The molecule has 0 amide bonds. The van der Waals surface area contributed by atoms with Gasteiger partial charge in [0, 0.05) is 13.1 Å². The topological polar surface area (TPSA) is 49.4 Å². The molecule has 1 aliphatic rings. The Morgan fingerprint density at radius 2 is 1.86 bits per heavy atom. The molecule has 2 unspecified atom stereocenters. The van der Waals surface area contributed by atoms with Crippen LogP contribution in [0.4, 0.5) is 0 Å². The summed E-state index contributed by atoms with van der Waals surface area (Å²) in [5.74, 6) is 1.02. The lowest BCUT2D eigenvalue weighted by Gasteiger charge is -2.34. The monoisotopic (exact) mass is 310 g/mol. The van der Waals surface area contributed by atoms with Gasteiger partial charge in [0.05, 0.1) is 4.90 Å². The molecular weight excluding hydrogens is 284 g/mol. The second kappa shape index (κ2) is 6.90. The molecule has 1 fully saturated rings. The van der Waals surface area contributed by atoms with E-state index in [0.29, 0.717) is 29.8 Å². The molecule has 1 aromatic carbocycles. The second-order valence-electron chi connectivity index (χ2n) is 6.10. The van der Waals surface area contributed by atoms with E-state index in [2.05, 4.69) is 19.2 Å². The Labute approximate surface area is 128 Å². The summed E-state index contributed by atoms with van der Waals surface area (Å²) in [6.45, 7) is 6.49. The Hall–Kier alpha value is -0.910. The van der Waals surface area contributed by atoms with Crippen molar-refractivity contribution in [2.75, 3.05) is 26.7 Å². The van der Waals surface area contributed by atoms with Gasteiger partial charge in [-0.2, -0.15) is 4.31 Å². The van der Waals surface area contributed by atoms with Gasteiger partial charge in [-0.1, -0.05) is 26.0 Å². The highest BCUT2D eigenvalue weighted by atomic mass is 32.2. The van der Waals surface area contributed by atoms with Crippen LogP contribution in [0.1, 0.15) is 25.8 Å². The Morgan fingerprint density at radius 3 is 2.43 bits per heavy atom. The van der Waals surface area contributed by atoms with Crippen LogP contribution in [0.3, 0.4) is 0 Å². The number of rotatable bonds is 5. The van der Waals surface area contributed by atoms with Crippen LogP contribution >= 0.6 is 0 Å². The first-order valence-electron chi connectivity index (χ1n) is 7.69. The summed E-state index contributed by atoms with van der Waals surface area (Å²) in [6, 6.07) is 7.31. The van der Waals surface area contributed by atoms with E-state index in [0.717, 1.165) is 24.9 Å². The van der Waals surface area contributed by atoms with Crippen molar-refractivity contribution in [1.29, 1.82) is 0 Å². The molecule has 1 N–H and O–H groups in total. The third kappa shape index (κ3) is 3.84. The molecule has 1 aliphatic heterocycles. The summed E-state index contributed by atoms with van der Waals surface area (Å²) in [4.78, 5) is 0.414. The molecule has 0 saturated carbocycles. The first-order valence-corrected chi connectivity index (χ1v) is 9.13. The molecule has 1 heterocycles. The minimum atomic E-state index is -3.34. The van der Waals surface area contributed by atoms with Gasteiger partial charge in [-0.05, 0) is 56.0 Å². The van der Waals surface area contributed by atoms with Gasteiger partial charge in [0.2, 0.25) is 10.0 Å². The van der Waals surface area contributed by atoms with Gasteiger partial charge in [-0.3, -0.25) is 0 Å². The van der Waals surface area contributed by atoms with Crippen LogP contribution < -0.4 is 5.32 Å². The summed E-state index contributed by atoms with van der Waals surface area (Å²) in [5.41, 5.74) is 1.16. The van der Waals surface area contributed by atoms with Gasteiger partial charge in [0.1, 0.15) is 0 Å². The molecular formula is C16H26N2O2S. The zero-order valence-corrected chi connectivity index (χ0v) is 14.0. The van der Waals surface area contributed by atoms with Crippen LogP contribution in [0.2, 0.25) is 0 Å². The number of nitrogens with zero attached hydrogens (tertiary/aromatic N) is 1. The molecule has 2 rings (SSSR count). The molecule has 1 aromatic rings. The van der Waals surface area contributed by atoms with E-state index in [1.54, 1.807) is 16.4 Å². The number of likely N-dealkylation sites (N-methyl/N-ethyl adjacent to an activating group) is 1. The average molecular weight is 310 g/mol. The largest absolute Gasteiger partial charge is 0.319 e. The fourth-order valence-electron chi connectivity index (χ4n) is 2.69. The van der Waals surface area contributed by atoms with Gasteiger partial charge in [-0.15, -0.1) is 0 Å². The summed E-state index contributed by atoms with van der Waals surface area (Å²) < 4.78 is 27.0. The predicted molar refractivity (Wildman–Crippen MR) is 85.8 cm³/mol. The van der Waals surface area contributed by atoms with Crippen LogP contribution in [0, 0.1) is 11.8 Å². The molecule has 2 atom stereocenters. The SMILES string of the molecule is CNCCc1ccc(S(=O)(=O)N2CCC(C)C(C)C2)cc1. The number of sulfonamides is 1. The van der Waals surface area contributed by atoms with Crippen LogP contribution in [-0.4, -0.2) is 39.4 Å². The standard InChI is InChI=1S/C16H26N2O2S/c1-13-9-11-18(12-14(13)2)21(19,20)16-6-4-15(5-7-16)8-10-17-3/h4-7,13-14,17H,8-12H2,1-3H3. The molecule has 5 heteroatoms. The van der Waals surface area contributed by atoms with E-state index >= 15 is 0 Å². The summed E-state index contributed by atoms with van der Waals surface area (Å²) >= 11 is 0. The number of nitrogens with one attached hydrogen (secondary N) is 1. The maximum atomic E-state index is 12.7. The highest BCUT2D eigenvalue weighted by molar-refractivity contribution is 7.89. The lowest BCUT2D eigenvalue weighted by molar-refractivity contribution is 0.212. The van der Waals surface area contributed by atoms with Crippen LogP contribution in [-0.2, 0) is 16.4 Å². The first-order chi connectivity index (χ1) is 9.95. The number of hydrogen-bond acceptors (Lipinski definition) is 3. The molecule has 0 spiro atoms. The zero-order chi connectivity index (χ0) is 15.5. The smallest absolute Gasteiger partial charge is 0.243 e. The predicted octanol–water partition coefficient (Wildman–Crippen LogP) is 2.12. The highest BCUT2D eigenvalue weighted by Gasteiger charge is 2.31. The lowest BCUT2D eigenvalue weighted by Crippen LogP contribution is -2.42. The summed E-state index contributed by atoms with van der Waals surface area (Å²) in [7, 11) is -1.42. The van der Waals surface area contributed by atoms with Crippen molar-refractivity contribution in [3.05, 3.63) is 29.8 Å². The van der Waals surface area contributed by atoms with Crippen molar-refractivity contribution in [3.8, 4) is 0 Å². The van der Waals surface area contributed by atoms with Crippen molar-refractivity contribution < 1.29 is 8.42 Å². The second-order valence-corrected chi connectivity index (χ2v) is 8.04.